The number of aryl methyl sites for hydroxylation is 1. The Morgan fingerprint density at radius 3 is 2.53 bits per heavy atom. The van der Waals surface area contributed by atoms with Crippen molar-refractivity contribution in [2.75, 3.05) is 14.2 Å². The maximum atomic E-state index is 13.1. The van der Waals surface area contributed by atoms with Crippen molar-refractivity contribution < 1.29 is 19.1 Å². The molecule has 0 unspecified atom stereocenters. The first-order valence-corrected chi connectivity index (χ1v) is 11.5. The number of ether oxygens (including phenoxy) is 2. The first-order chi connectivity index (χ1) is 16.3. The van der Waals surface area contributed by atoms with Gasteiger partial charge in [-0.1, -0.05) is 44.2 Å². The normalized spacial score (nSPS) is 15.3. The molecular formula is C26H34N4O4. The standard InChI is InChI=1S/C26H34N4O4/c1-16(2)13-21(25(32)28-20-11-10-18-7-5-6-8-19(18)20)29-26(27)30-24(31)15-17-9-12-22(33-3)23(14-17)34-4/h5-9,12,14,16,20-21H,10-11,13,15H2,1-4H3,(H,28,32)(H3,27,29,30,31)/t20-,21+/m0/s1. The number of benzene rings is 2. The Labute approximate surface area is 200 Å². The van der Waals surface area contributed by atoms with Crippen molar-refractivity contribution in [3.63, 3.8) is 0 Å². The number of hydrogen-bond acceptors (Lipinski definition) is 5. The lowest BCUT2D eigenvalue weighted by molar-refractivity contribution is -0.124. The summed E-state index contributed by atoms with van der Waals surface area (Å²) >= 11 is 0. The van der Waals surface area contributed by atoms with Crippen LogP contribution >= 0.6 is 0 Å². The van der Waals surface area contributed by atoms with E-state index in [1.807, 2.05) is 26.0 Å². The number of guanidine groups is 1. The van der Waals surface area contributed by atoms with Crippen LogP contribution in [0, 0.1) is 11.3 Å². The van der Waals surface area contributed by atoms with E-state index in [0.29, 0.717) is 17.9 Å². The molecule has 2 atom stereocenters. The molecule has 0 spiro atoms. The lowest BCUT2D eigenvalue weighted by atomic mass is 10.0. The zero-order valence-corrected chi connectivity index (χ0v) is 20.2. The van der Waals surface area contributed by atoms with E-state index in [9.17, 15) is 9.59 Å². The quantitative estimate of drug-likeness (QED) is 0.335. The molecule has 8 nitrogen and oxygen atoms in total. The van der Waals surface area contributed by atoms with Gasteiger partial charge in [-0.3, -0.25) is 20.3 Å². The van der Waals surface area contributed by atoms with E-state index >= 15 is 0 Å². The van der Waals surface area contributed by atoms with E-state index in [1.165, 1.54) is 12.7 Å². The second kappa shape index (κ2) is 11.5. The molecule has 2 amide bonds. The highest BCUT2D eigenvalue weighted by molar-refractivity contribution is 5.98. The van der Waals surface area contributed by atoms with Crippen molar-refractivity contribution in [3.8, 4) is 11.5 Å². The van der Waals surface area contributed by atoms with Gasteiger partial charge in [-0.15, -0.1) is 0 Å². The van der Waals surface area contributed by atoms with E-state index in [1.54, 1.807) is 25.3 Å². The Morgan fingerprint density at radius 1 is 1.09 bits per heavy atom. The Bertz CT molecular complexity index is 1040. The highest BCUT2D eigenvalue weighted by Crippen LogP contribution is 2.31. The van der Waals surface area contributed by atoms with Crippen molar-refractivity contribution in [3.05, 3.63) is 59.2 Å². The Morgan fingerprint density at radius 2 is 1.82 bits per heavy atom. The fraction of sp³-hybridized carbons (Fsp3) is 0.423. The van der Waals surface area contributed by atoms with Gasteiger partial charge in [0.15, 0.2) is 17.5 Å². The summed E-state index contributed by atoms with van der Waals surface area (Å²) in [4.78, 5) is 25.6. The summed E-state index contributed by atoms with van der Waals surface area (Å²) in [6, 6.07) is 12.7. The van der Waals surface area contributed by atoms with E-state index in [2.05, 4.69) is 28.1 Å². The Kier molecular flexibility index (Phi) is 8.51. The molecule has 34 heavy (non-hydrogen) atoms. The number of rotatable bonds is 9. The molecular weight excluding hydrogens is 432 g/mol. The third-order valence-corrected chi connectivity index (χ3v) is 5.87. The van der Waals surface area contributed by atoms with Gasteiger partial charge >= 0.3 is 0 Å². The van der Waals surface area contributed by atoms with Crippen LogP contribution in [0.5, 0.6) is 11.5 Å². The average molecular weight is 467 g/mol. The highest BCUT2D eigenvalue weighted by Gasteiger charge is 2.28. The summed E-state index contributed by atoms with van der Waals surface area (Å²) in [5.74, 6) is 0.608. The molecule has 2 aromatic carbocycles. The van der Waals surface area contributed by atoms with Crippen molar-refractivity contribution in [1.82, 2.24) is 16.0 Å². The summed E-state index contributed by atoms with van der Waals surface area (Å²) < 4.78 is 10.5. The predicted octanol–water partition coefficient (Wildman–Crippen LogP) is 3.11. The maximum Gasteiger partial charge on any atom is 0.243 e. The van der Waals surface area contributed by atoms with E-state index in [4.69, 9.17) is 14.9 Å². The third kappa shape index (κ3) is 6.50. The van der Waals surface area contributed by atoms with Crippen LogP contribution in [0.3, 0.4) is 0 Å². The maximum absolute atomic E-state index is 13.1. The summed E-state index contributed by atoms with van der Waals surface area (Å²) in [5.41, 5.74) is 3.13. The third-order valence-electron chi connectivity index (χ3n) is 5.87. The molecule has 8 heteroatoms. The van der Waals surface area contributed by atoms with Crippen LogP contribution in [0.4, 0.5) is 0 Å². The van der Waals surface area contributed by atoms with E-state index in [0.717, 1.165) is 24.0 Å². The number of amides is 2. The van der Waals surface area contributed by atoms with Gasteiger partial charge in [-0.25, -0.2) is 0 Å². The van der Waals surface area contributed by atoms with Gasteiger partial charge in [0.1, 0.15) is 6.04 Å². The summed E-state index contributed by atoms with van der Waals surface area (Å²) in [5, 5.41) is 16.8. The number of nitrogens with one attached hydrogen (secondary N) is 4. The van der Waals surface area contributed by atoms with Gasteiger partial charge in [0.25, 0.3) is 0 Å². The minimum absolute atomic E-state index is 0.0333. The lowest BCUT2D eigenvalue weighted by Gasteiger charge is -2.24. The fourth-order valence-corrected chi connectivity index (χ4v) is 4.25. The lowest BCUT2D eigenvalue weighted by Crippen LogP contribution is -2.52. The van der Waals surface area contributed by atoms with Crippen molar-refractivity contribution >= 4 is 17.8 Å². The molecule has 1 aliphatic rings. The second-order valence-corrected chi connectivity index (χ2v) is 8.91. The molecule has 2 aromatic rings. The van der Waals surface area contributed by atoms with Crippen LogP contribution in [-0.2, 0) is 22.4 Å². The van der Waals surface area contributed by atoms with Crippen molar-refractivity contribution in [1.29, 1.82) is 5.41 Å². The molecule has 0 heterocycles. The van der Waals surface area contributed by atoms with Gasteiger partial charge in [0.2, 0.25) is 11.8 Å². The monoisotopic (exact) mass is 466 g/mol. The Hall–Kier alpha value is -3.55. The molecule has 0 aliphatic heterocycles. The molecule has 3 rings (SSSR count). The number of methoxy groups -OCH3 is 2. The summed E-state index contributed by atoms with van der Waals surface area (Å²) in [6.07, 6.45) is 2.39. The highest BCUT2D eigenvalue weighted by atomic mass is 16.5. The zero-order chi connectivity index (χ0) is 24.7. The first-order valence-electron chi connectivity index (χ1n) is 11.5. The number of fused-ring (bicyclic) bond motifs is 1. The molecule has 0 radical (unpaired) electrons. The number of carbonyl (C=O) groups excluding carboxylic acids is 2. The molecule has 0 saturated carbocycles. The summed E-state index contributed by atoms with van der Waals surface area (Å²) in [6.45, 7) is 4.04. The minimum Gasteiger partial charge on any atom is -0.493 e. The van der Waals surface area contributed by atoms with Crippen molar-refractivity contribution in [2.45, 2.75) is 51.6 Å². The minimum atomic E-state index is -0.623. The molecule has 182 valence electrons. The van der Waals surface area contributed by atoms with E-state index in [-0.39, 0.29) is 36.2 Å². The number of carbonyl (C=O) groups is 2. The van der Waals surface area contributed by atoms with Gasteiger partial charge in [-0.2, -0.15) is 0 Å². The number of hydrogen-bond donors (Lipinski definition) is 4. The second-order valence-electron chi connectivity index (χ2n) is 8.91. The van der Waals surface area contributed by atoms with Crippen LogP contribution < -0.4 is 25.4 Å². The van der Waals surface area contributed by atoms with Crippen LogP contribution in [-0.4, -0.2) is 38.0 Å². The summed E-state index contributed by atoms with van der Waals surface area (Å²) in [7, 11) is 3.08. The Balaban J connectivity index is 1.58. The van der Waals surface area contributed by atoms with Gasteiger partial charge in [0.05, 0.1) is 26.7 Å². The first kappa shape index (κ1) is 25.1. The zero-order valence-electron chi connectivity index (χ0n) is 20.2. The van der Waals surface area contributed by atoms with Gasteiger partial charge in [-0.05, 0) is 54.0 Å². The molecule has 0 saturated heterocycles. The van der Waals surface area contributed by atoms with E-state index < -0.39 is 6.04 Å². The van der Waals surface area contributed by atoms with Crippen LogP contribution in [0.15, 0.2) is 42.5 Å². The smallest absolute Gasteiger partial charge is 0.243 e. The van der Waals surface area contributed by atoms with Crippen molar-refractivity contribution in [2.24, 2.45) is 5.92 Å². The molecule has 0 fully saturated rings. The fourth-order valence-electron chi connectivity index (χ4n) is 4.25. The van der Waals surface area contributed by atoms with Gasteiger partial charge in [0, 0.05) is 0 Å². The van der Waals surface area contributed by atoms with Gasteiger partial charge < -0.3 is 20.1 Å². The van der Waals surface area contributed by atoms with Crippen LogP contribution in [0.2, 0.25) is 0 Å². The predicted molar refractivity (Wildman–Crippen MR) is 131 cm³/mol. The average Bonchev–Trinajstić information content (AvgIpc) is 3.20. The molecule has 1 aliphatic carbocycles. The van der Waals surface area contributed by atoms with Crippen LogP contribution in [0.25, 0.3) is 0 Å². The molecule has 4 N–H and O–H groups in total. The molecule has 0 bridgehead atoms. The topological polar surface area (TPSA) is 113 Å². The SMILES string of the molecule is COc1ccc(CC(=O)NC(=N)N[C@H](CC(C)C)C(=O)N[C@H]2CCc3ccccc32)cc1OC. The van der Waals surface area contributed by atoms with Crippen LogP contribution in [0.1, 0.15) is 49.4 Å². The largest absolute Gasteiger partial charge is 0.493 e. The molecule has 0 aromatic heterocycles.